The molecule has 24 heavy (non-hydrogen) atoms. The highest BCUT2D eigenvalue weighted by atomic mass is 32.2. The lowest BCUT2D eigenvalue weighted by Gasteiger charge is -2.25. The van der Waals surface area contributed by atoms with E-state index in [-0.39, 0.29) is 11.8 Å². The number of tetrazole rings is 1. The molecule has 1 aromatic carbocycles. The van der Waals surface area contributed by atoms with E-state index in [0.717, 1.165) is 16.5 Å². The van der Waals surface area contributed by atoms with Gasteiger partial charge in [-0.2, -0.15) is 0 Å². The van der Waals surface area contributed by atoms with Crippen LogP contribution in [0.3, 0.4) is 0 Å². The molecule has 0 aliphatic carbocycles. The fraction of sp³-hybridized carbons (Fsp3) is 0.467. The zero-order valence-electron chi connectivity index (χ0n) is 13.6. The molecule has 1 atom stereocenters. The second-order valence-electron chi connectivity index (χ2n) is 5.39. The number of aromatic nitrogens is 4. The maximum atomic E-state index is 12.3. The number of para-hydroxylation sites is 1. The molecule has 1 amide bonds. The van der Waals surface area contributed by atoms with Crippen LogP contribution in [0.25, 0.3) is 0 Å². The second-order valence-corrected chi connectivity index (χ2v) is 6.45. The maximum Gasteiger partial charge on any atom is 0.226 e. The second kappa shape index (κ2) is 7.52. The van der Waals surface area contributed by atoms with Gasteiger partial charge in [0.25, 0.3) is 0 Å². The highest BCUT2D eigenvalue weighted by Gasteiger charge is 2.27. The Hall–Kier alpha value is -2.29. The molecule has 1 N–H and O–H groups in total. The quantitative estimate of drug-likeness (QED) is 0.606. The van der Waals surface area contributed by atoms with Crippen LogP contribution in [0, 0.1) is 5.92 Å². The Morgan fingerprint density at radius 2 is 2.42 bits per heavy atom. The third kappa shape index (κ3) is 3.61. The van der Waals surface area contributed by atoms with Crippen molar-refractivity contribution in [2.75, 3.05) is 26.0 Å². The molecule has 1 aliphatic heterocycles. The van der Waals surface area contributed by atoms with E-state index < -0.39 is 0 Å². The van der Waals surface area contributed by atoms with Crippen molar-refractivity contribution in [3.8, 4) is 11.5 Å². The Balaban J connectivity index is 1.48. The number of ether oxygens (including phenoxy) is 2. The van der Waals surface area contributed by atoms with Gasteiger partial charge >= 0.3 is 0 Å². The lowest BCUT2D eigenvalue weighted by molar-refractivity contribution is -0.126. The minimum absolute atomic E-state index is 0.000148. The number of amides is 1. The molecule has 0 radical (unpaired) electrons. The first-order valence-electron chi connectivity index (χ1n) is 7.60. The highest BCUT2D eigenvalue weighted by Crippen LogP contribution is 2.35. The van der Waals surface area contributed by atoms with Gasteiger partial charge in [0.05, 0.1) is 13.0 Å². The summed E-state index contributed by atoms with van der Waals surface area (Å²) in [5.74, 6) is 1.97. The fourth-order valence-electron chi connectivity index (χ4n) is 2.53. The number of methoxy groups -OCH3 is 1. The predicted molar refractivity (Wildman–Crippen MR) is 88.2 cm³/mol. The van der Waals surface area contributed by atoms with Crippen molar-refractivity contribution in [1.82, 2.24) is 25.5 Å². The van der Waals surface area contributed by atoms with Crippen LogP contribution < -0.4 is 14.8 Å². The number of rotatable bonds is 6. The molecule has 1 aromatic heterocycles. The van der Waals surface area contributed by atoms with Crippen LogP contribution >= 0.6 is 11.8 Å². The normalized spacial score (nSPS) is 16.2. The van der Waals surface area contributed by atoms with Crippen molar-refractivity contribution in [2.24, 2.45) is 13.0 Å². The molecule has 0 saturated heterocycles. The molecular formula is C15H19N5O3S. The number of thioether (sulfide) groups is 1. The summed E-state index contributed by atoms with van der Waals surface area (Å²) in [5.41, 5.74) is 1.00. The number of carbonyl (C=O) groups is 1. The van der Waals surface area contributed by atoms with Crippen LogP contribution in [0.2, 0.25) is 0 Å². The first-order valence-corrected chi connectivity index (χ1v) is 8.59. The van der Waals surface area contributed by atoms with E-state index >= 15 is 0 Å². The van der Waals surface area contributed by atoms with Crippen LogP contribution in [0.4, 0.5) is 0 Å². The molecule has 8 nitrogen and oxygen atoms in total. The maximum absolute atomic E-state index is 12.3. The third-order valence-corrected chi connectivity index (χ3v) is 4.77. The Morgan fingerprint density at radius 3 is 3.17 bits per heavy atom. The van der Waals surface area contributed by atoms with Crippen molar-refractivity contribution >= 4 is 17.7 Å². The van der Waals surface area contributed by atoms with Crippen molar-refractivity contribution in [2.45, 2.75) is 11.6 Å². The molecule has 0 spiro atoms. The number of hydrogen-bond acceptors (Lipinski definition) is 7. The average molecular weight is 349 g/mol. The number of carbonyl (C=O) groups excluding carboxylic acids is 1. The summed E-state index contributed by atoms with van der Waals surface area (Å²) < 4.78 is 12.6. The van der Waals surface area contributed by atoms with E-state index in [1.165, 1.54) is 11.8 Å². The molecular weight excluding hydrogens is 330 g/mol. The lowest BCUT2D eigenvalue weighted by atomic mass is 9.95. The van der Waals surface area contributed by atoms with Gasteiger partial charge in [-0.3, -0.25) is 4.79 Å². The van der Waals surface area contributed by atoms with Gasteiger partial charge in [-0.05, 0) is 28.5 Å². The van der Waals surface area contributed by atoms with Gasteiger partial charge < -0.3 is 14.8 Å². The van der Waals surface area contributed by atoms with Crippen molar-refractivity contribution in [3.05, 3.63) is 23.8 Å². The Labute approximate surface area is 143 Å². The number of benzene rings is 1. The van der Waals surface area contributed by atoms with E-state index in [2.05, 4.69) is 20.8 Å². The first-order chi connectivity index (χ1) is 11.7. The molecule has 0 bridgehead atoms. The summed E-state index contributed by atoms with van der Waals surface area (Å²) >= 11 is 1.50. The summed E-state index contributed by atoms with van der Waals surface area (Å²) in [6, 6.07) is 5.74. The number of nitrogens with one attached hydrogen (secondary N) is 1. The molecule has 3 rings (SSSR count). The van der Waals surface area contributed by atoms with Gasteiger partial charge in [-0.15, -0.1) is 5.10 Å². The summed E-state index contributed by atoms with van der Waals surface area (Å²) in [6.45, 7) is 0.914. The summed E-state index contributed by atoms with van der Waals surface area (Å²) in [4.78, 5) is 12.3. The number of hydrogen-bond donors (Lipinski definition) is 1. The average Bonchev–Trinajstić information content (AvgIpc) is 3.02. The zero-order valence-corrected chi connectivity index (χ0v) is 14.4. The summed E-state index contributed by atoms with van der Waals surface area (Å²) in [6.07, 6.45) is 0.652. The summed E-state index contributed by atoms with van der Waals surface area (Å²) in [5, 5.41) is 14.9. The smallest absolute Gasteiger partial charge is 0.226 e. The van der Waals surface area contributed by atoms with E-state index in [0.29, 0.717) is 31.1 Å². The minimum atomic E-state index is -0.189. The molecule has 1 unspecified atom stereocenters. The SMILES string of the molecule is COc1cccc2c1OCC(C(=O)NCCSc1nnnn1C)C2. The van der Waals surface area contributed by atoms with Crippen LogP contribution in [0.5, 0.6) is 11.5 Å². The molecule has 1 aliphatic rings. The van der Waals surface area contributed by atoms with Crippen LogP contribution in [-0.4, -0.2) is 52.1 Å². The lowest BCUT2D eigenvalue weighted by Crippen LogP contribution is -2.38. The number of nitrogens with zero attached hydrogens (tertiary/aromatic N) is 4. The monoisotopic (exact) mass is 349 g/mol. The van der Waals surface area contributed by atoms with Gasteiger partial charge in [-0.1, -0.05) is 23.9 Å². The van der Waals surface area contributed by atoms with E-state index in [4.69, 9.17) is 9.47 Å². The molecule has 128 valence electrons. The standard InChI is InChI=1S/C15H19N5O3S/c1-20-15(17-18-19-20)24-7-6-16-14(21)11-8-10-4-3-5-12(22-2)13(10)23-9-11/h3-5,11H,6-9H2,1-2H3,(H,16,21). The molecule has 2 heterocycles. The van der Waals surface area contributed by atoms with Gasteiger partial charge in [0.1, 0.15) is 6.61 Å². The van der Waals surface area contributed by atoms with Gasteiger partial charge in [0.2, 0.25) is 11.1 Å². The van der Waals surface area contributed by atoms with Crippen LogP contribution in [-0.2, 0) is 18.3 Å². The molecule has 0 fully saturated rings. The largest absolute Gasteiger partial charge is 0.493 e. The van der Waals surface area contributed by atoms with E-state index in [1.807, 2.05) is 18.2 Å². The number of aryl methyl sites for hydroxylation is 1. The Morgan fingerprint density at radius 1 is 1.54 bits per heavy atom. The zero-order chi connectivity index (χ0) is 16.9. The summed E-state index contributed by atoms with van der Waals surface area (Å²) in [7, 11) is 3.40. The molecule has 2 aromatic rings. The van der Waals surface area contributed by atoms with E-state index in [9.17, 15) is 4.79 Å². The van der Waals surface area contributed by atoms with Crippen LogP contribution in [0.1, 0.15) is 5.56 Å². The van der Waals surface area contributed by atoms with Gasteiger partial charge in [0, 0.05) is 19.3 Å². The minimum Gasteiger partial charge on any atom is -0.493 e. The fourth-order valence-corrected chi connectivity index (χ4v) is 3.23. The van der Waals surface area contributed by atoms with E-state index in [1.54, 1.807) is 18.8 Å². The van der Waals surface area contributed by atoms with Crippen molar-refractivity contribution in [3.63, 3.8) is 0 Å². The Kier molecular flexibility index (Phi) is 5.19. The van der Waals surface area contributed by atoms with Gasteiger partial charge in [0.15, 0.2) is 11.5 Å². The topological polar surface area (TPSA) is 91.2 Å². The van der Waals surface area contributed by atoms with Crippen LogP contribution in [0.15, 0.2) is 23.4 Å². The van der Waals surface area contributed by atoms with Crippen molar-refractivity contribution < 1.29 is 14.3 Å². The highest BCUT2D eigenvalue weighted by molar-refractivity contribution is 7.99. The molecule has 0 saturated carbocycles. The molecule has 9 heteroatoms. The number of fused-ring (bicyclic) bond motifs is 1. The van der Waals surface area contributed by atoms with Crippen molar-refractivity contribution in [1.29, 1.82) is 0 Å². The predicted octanol–water partition coefficient (Wildman–Crippen LogP) is 0.678. The first kappa shape index (κ1) is 16.6. The Bertz CT molecular complexity index is 721. The van der Waals surface area contributed by atoms with Gasteiger partial charge in [-0.25, -0.2) is 4.68 Å². The third-order valence-electron chi connectivity index (χ3n) is 3.76.